The molecule has 0 radical (unpaired) electrons. The summed E-state index contributed by atoms with van der Waals surface area (Å²) in [5.41, 5.74) is 2.28. The molecule has 0 aromatic heterocycles. The number of amides is 1. The van der Waals surface area contributed by atoms with Crippen molar-refractivity contribution in [1.29, 1.82) is 0 Å². The first kappa shape index (κ1) is 18.7. The van der Waals surface area contributed by atoms with Crippen LogP contribution in [0.1, 0.15) is 11.6 Å². The van der Waals surface area contributed by atoms with Crippen LogP contribution >= 0.6 is 0 Å². The maximum atomic E-state index is 13.1. The van der Waals surface area contributed by atoms with Gasteiger partial charge in [-0.3, -0.25) is 4.79 Å². The Kier molecular flexibility index (Phi) is 5.52. The van der Waals surface area contributed by atoms with Crippen molar-refractivity contribution in [3.63, 3.8) is 0 Å². The summed E-state index contributed by atoms with van der Waals surface area (Å²) in [6, 6.07) is 21.8. The Bertz CT molecular complexity index is 991. The number of hydrogen-bond acceptors (Lipinski definition) is 5. The van der Waals surface area contributed by atoms with E-state index in [1.54, 1.807) is 13.2 Å². The second-order valence-corrected chi connectivity index (χ2v) is 6.57. The number of hydrogen-bond donors (Lipinski definition) is 2. The summed E-state index contributed by atoms with van der Waals surface area (Å²) in [6.45, 7) is 1.05. The third kappa shape index (κ3) is 4.43. The Morgan fingerprint density at radius 3 is 2.48 bits per heavy atom. The second kappa shape index (κ2) is 8.56. The zero-order valence-electron chi connectivity index (χ0n) is 16.1. The highest BCUT2D eigenvalue weighted by molar-refractivity contribution is 5.97. The fourth-order valence-electron chi connectivity index (χ4n) is 3.16. The molecule has 4 rings (SSSR count). The van der Waals surface area contributed by atoms with Crippen molar-refractivity contribution in [2.75, 3.05) is 31.0 Å². The van der Waals surface area contributed by atoms with Crippen LogP contribution in [0, 0.1) is 0 Å². The minimum absolute atomic E-state index is 0.181. The van der Waals surface area contributed by atoms with Crippen LogP contribution in [0.15, 0.2) is 72.8 Å². The molecule has 0 spiro atoms. The van der Waals surface area contributed by atoms with Crippen molar-refractivity contribution < 1.29 is 19.0 Å². The molecular formula is C23H22N2O4. The highest BCUT2D eigenvalue weighted by Crippen LogP contribution is 2.34. The number of carbonyl (C=O) groups is 1. The smallest absolute Gasteiger partial charge is 0.251 e. The van der Waals surface area contributed by atoms with Gasteiger partial charge in [0.25, 0.3) is 5.91 Å². The summed E-state index contributed by atoms with van der Waals surface area (Å²) in [4.78, 5) is 13.1. The van der Waals surface area contributed by atoms with Gasteiger partial charge >= 0.3 is 0 Å². The van der Waals surface area contributed by atoms with Crippen LogP contribution < -0.4 is 24.8 Å². The summed E-state index contributed by atoms with van der Waals surface area (Å²) < 4.78 is 16.5. The van der Waals surface area contributed by atoms with Crippen molar-refractivity contribution in [3.8, 4) is 17.2 Å². The van der Waals surface area contributed by atoms with Crippen LogP contribution in [0.4, 0.5) is 11.4 Å². The highest BCUT2D eigenvalue weighted by atomic mass is 16.6. The monoisotopic (exact) mass is 390 g/mol. The van der Waals surface area contributed by atoms with E-state index in [1.165, 1.54) is 0 Å². The molecule has 0 saturated heterocycles. The van der Waals surface area contributed by atoms with Gasteiger partial charge in [0.1, 0.15) is 25.0 Å². The van der Waals surface area contributed by atoms with Crippen molar-refractivity contribution in [3.05, 3.63) is 78.4 Å². The van der Waals surface area contributed by atoms with E-state index >= 15 is 0 Å². The van der Waals surface area contributed by atoms with E-state index in [0.717, 1.165) is 11.3 Å². The van der Waals surface area contributed by atoms with Crippen LogP contribution in [0.25, 0.3) is 0 Å². The Hall–Kier alpha value is -3.67. The normalized spacial score (nSPS) is 13.3. The number of ether oxygens (including phenoxy) is 3. The van der Waals surface area contributed by atoms with Gasteiger partial charge in [-0.2, -0.15) is 0 Å². The molecule has 3 aromatic carbocycles. The molecule has 6 nitrogen and oxygen atoms in total. The van der Waals surface area contributed by atoms with Crippen LogP contribution in [0.3, 0.4) is 0 Å². The lowest BCUT2D eigenvalue weighted by atomic mass is 10.1. The van der Waals surface area contributed by atoms with E-state index in [-0.39, 0.29) is 5.91 Å². The maximum Gasteiger partial charge on any atom is 0.251 e. The van der Waals surface area contributed by atoms with Gasteiger partial charge in [0, 0.05) is 23.5 Å². The Labute approximate surface area is 169 Å². The summed E-state index contributed by atoms with van der Waals surface area (Å²) in [5, 5.41) is 6.28. The molecule has 0 fully saturated rings. The average Bonchev–Trinajstić information content (AvgIpc) is 2.78. The predicted octanol–water partition coefficient (Wildman–Crippen LogP) is 4.26. The summed E-state index contributed by atoms with van der Waals surface area (Å²) in [5.74, 6) is 1.87. The fraction of sp³-hybridized carbons (Fsp3) is 0.174. The van der Waals surface area contributed by atoms with E-state index in [0.29, 0.717) is 36.1 Å². The number of fused-ring (bicyclic) bond motifs is 1. The molecule has 2 N–H and O–H groups in total. The first-order valence-corrected chi connectivity index (χ1v) is 9.39. The van der Waals surface area contributed by atoms with E-state index in [1.807, 2.05) is 66.7 Å². The van der Waals surface area contributed by atoms with E-state index < -0.39 is 6.04 Å². The molecule has 1 atom stereocenters. The molecular weight excluding hydrogens is 368 g/mol. The summed E-state index contributed by atoms with van der Waals surface area (Å²) >= 11 is 0. The molecule has 29 heavy (non-hydrogen) atoms. The third-order valence-corrected chi connectivity index (χ3v) is 4.59. The summed E-state index contributed by atoms with van der Waals surface area (Å²) in [6.07, 6.45) is 0. The second-order valence-electron chi connectivity index (χ2n) is 6.57. The SMILES string of the molecule is COc1cccc(NC(=O)C(Nc2ccc3c(c2)OCCO3)c2ccccc2)c1. The molecule has 1 amide bonds. The standard InChI is InChI=1S/C23H22N2O4/c1-27-19-9-5-8-17(14-19)25-23(26)22(16-6-3-2-4-7-16)24-18-10-11-20-21(15-18)29-13-12-28-20/h2-11,14-15,22,24H,12-13H2,1H3,(H,25,26). The summed E-state index contributed by atoms with van der Waals surface area (Å²) in [7, 11) is 1.59. The minimum atomic E-state index is -0.593. The lowest BCUT2D eigenvalue weighted by Crippen LogP contribution is -2.27. The van der Waals surface area contributed by atoms with E-state index in [4.69, 9.17) is 14.2 Å². The van der Waals surface area contributed by atoms with Gasteiger partial charge in [-0.05, 0) is 29.8 Å². The molecule has 1 heterocycles. The average molecular weight is 390 g/mol. The first-order valence-electron chi connectivity index (χ1n) is 9.39. The van der Waals surface area contributed by atoms with Crippen LogP contribution in [-0.4, -0.2) is 26.2 Å². The molecule has 3 aromatic rings. The van der Waals surface area contributed by atoms with Crippen molar-refractivity contribution in [1.82, 2.24) is 0 Å². The predicted molar refractivity (Wildman–Crippen MR) is 112 cm³/mol. The third-order valence-electron chi connectivity index (χ3n) is 4.59. The van der Waals surface area contributed by atoms with Crippen LogP contribution in [-0.2, 0) is 4.79 Å². The molecule has 0 aliphatic carbocycles. The van der Waals surface area contributed by atoms with Gasteiger partial charge in [-0.15, -0.1) is 0 Å². The molecule has 148 valence electrons. The van der Waals surface area contributed by atoms with Gasteiger partial charge in [-0.25, -0.2) is 0 Å². The lowest BCUT2D eigenvalue weighted by Gasteiger charge is -2.23. The quantitative estimate of drug-likeness (QED) is 0.658. The zero-order valence-corrected chi connectivity index (χ0v) is 16.1. The maximum absolute atomic E-state index is 13.1. The number of benzene rings is 3. The fourth-order valence-corrected chi connectivity index (χ4v) is 3.16. The van der Waals surface area contributed by atoms with E-state index in [9.17, 15) is 4.79 Å². The topological polar surface area (TPSA) is 68.8 Å². The molecule has 1 aliphatic rings. The van der Waals surface area contributed by atoms with Gasteiger partial charge in [-0.1, -0.05) is 36.4 Å². The number of carbonyl (C=O) groups excluding carboxylic acids is 1. The van der Waals surface area contributed by atoms with Crippen LogP contribution in [0.5, 0.6) is 17.2 Å². The molecule has 0 bridgehead atoms. The van der Waals surface area contributed by atoms with Crippen molar-refractivity contribution >= 4 is 17.3 Å². The zero-order chi connectivity index (χ0) is 20.1. The first-order chi connectivity index (χ1) is 14.2. The van der Waals surface area contributed by atoms with Gasteiger partial charge in [0.15, 0.2) is 11.5 Å². The highest BCUT2D eigenvalue weighted by Gasteiger charge is 2.22. The number of methoxy groups -OCH3 is 1. The van der Waals surface area contributed by atoms with Gasteiger partial charge in [0.2, 0.25) is 0 Å². The minimum Gasteiger partial charge on any atom is -0.497 e. The number of anilines is 2. The molecule has 1 unspecified atom stereocenters. The van der Waals surface area contributed by atoms with E-state index in [2.05, 4.69) is 10.6 Å². The van der Waals surface area contributed by atoms with Crippen molar-refractivity contribution in [2.24, 2.45) is 0 Å². The number of nitrogens with one attached hydrogen (secondary N) is 2. The van der Waals surface area contributed by atoms with Crippen molar-refractivity contribution in [2.45, 2.75) is 6.04 Å². The van der Waals surface area contributed by atoms with Gasteiger partial charge < -0.3 is 24.8 Å². The number of rotatable bonds is 6. The molecule has 1 aliphatic heterocycles. The Morgan fingerprint density at radius 1 is 0.897 bits per heavy atom. The lowest BCUT2D eigenvalue weighted by molar-refractivity contribution is -0.117. The molecule has 6 heteroatoms. The largest absolute Gasteiger partial charge is 0.497 e. The van der Waals surface area contributed by atoms with Gasteiger partial charge in [0.05, 0.1) is 7.11 Å². The van der Waals surface area contributed by atoms with Crippen LogP contribution in [0.2, 0.25) is 0 Å². The Balaban J connectivity index is 1.59. The molecule has 0 saturated carbocycles. The Morgan fingerprint density at radius 2 is 1.69 bits per heavy atom.